The van der Waals surface area contributed by atoms with E-state index >= 15 is 0 Å². The molecule has 2 heterocycles. The Balaban J connectivity index is 1.37. The van der Waals surface area contributed by atoms with Gasteiger partial charge in [0.25, 0.3) is 0 Å². The van der Waals surface area contributed by atoms with Crippen LogP contribution in [0, 0.1) is 6.92 Å². The number of nitrogens with one attached hydrogen (secondary N) is 2. The fraction of sp³-hybridized carbons (Fsp3) is 0.240. The summed E-state index contributed by atoms with van der Waals surface area (Å²) in [6, 6.07) is 14.9. The van der Waals surface area contributed by atoms with Gasteiger partial charge in [0.05, 0.1) is 0 Å². The zero-order valence-corrected chi connectivity index (χ0v) is 19.0. The van der Waals surface area contributed by atoms with Crippen molar-refractivity contribution in [1.29, 1.82) is 0 Å². The second kappa shape index (κ2) is 10.0. The Bertz CT molecular complexity index is 1160. The molecule has 0 spiro atoms. The van der Waals surface area contributed by atoms with E-state index in [1.807, 2.05) is 55.5 Å². The summed E-state index contributed by atoms with van der Waals surface area (Å²) in [7, 11) is 0. The first-order valence-electron chi connectivity index (χ1n) is 10.9. The van der Waals surface area contributed by atoms with Crippen LogP contribution in [0.3, 0.4) is 0 Å². The molecule has 0 radical (unpaired) electrons. The van der Waals surface area contributed by atoms with Crippen molar-refractivity contribution < 1.29 is 14.3 Å². The number of anilines is 4. The fourth-order valence-electron chi connectivity index (χ4n) is 3.46. The first-order valence-corrected chi connectivity index (χ1v) is 10.9. The van der Waals surface area contributed by atoms with E-state index in [4.69, 9.17) is 9.47 Å². The van der Waals surface area contributed by atoms with Crippen molar-refractivity contribution in [3.8, 4) is 11.5 Å². The highest BCUT2D eigenvalue weighted by Gasteiger charge is 2.12. The summed E-state index contributed by atoms with van der Waals surface area (Å²) in [5, 5.41) is 6.09. The summed E-state index contributed by atoms with van der Waals surface area (Å²) < 4.78 is 10.7. The molecule has 8 heteroatoms. The van der Waals surface area contributed by atoms with Gasteiger partial charge in [0.1, 0.15) is 5.82 Å². The Morgan fingerprint density at radius 1 is 1.00 bits per heavy atom. The standard InChI is InChI=1S/C25H27N5O3/c1-4-30(5-2)23-14-17(3)26-25(29-23)28-20-10-8-19(9-11-20)27-24(31)13-7-18-6-12-21-22(15-18)33-16-32-21/h6-15H,4-5,16H2,1-3H3,(H,27,31)(H,26,28,29)/b13-7+. The first-order chi connectivity index (χ1) is 16.0. The van der Waals surface area contributed by atoms with Crippen LogP contribution in [0.15, 0.2) is 54.6 Å². The highest BCUT2D eigenvalue weighted by Crippen LogP contribution is 2.32. The molecule has 1 aliphatic rings. The van der Waals surface area contributed by atoms with Crippen molar-refractivity contribution in [2.75, 3.05) is 35.4 Å². The summed E-state index contributed by atoms with van der Waals surface area (Å²) >= 11 is 0. The molecule has 0 aliphatic carbocycles. The minimum absolute atomic E-state index is 0.223. The summed E-state index contributed by atoms with van der Waals surface area (Å²) in [5.41, 5.74) is 3.28. The van der Waals surface area contributed by atoms with Crippen LogP contribution in [-0.4, -0.2) is 35.8 Å². The molecule has 4 rings (SSSR count). The normalized spacial score (nSPS) is 12.1. The molecular weight excluding hydrogens is 418 g/mol. The zero-order chi connectivity index (χ0) is 23.2. The van der Waals surface area contributed by atoms with Crippen molar-refractivity contribution in [1.82, 2.24) is 9.97 Å². The molecule has 2 N–H and O–H groups in total. The SMILES string of the molecule is CCN(CC)c1cc(C)nc(Nc2ccc(NC(=O)/C=C/c3ccc4c(c3)OCO4)cc2)n1. The lowest BCUT2D eigenvalue weighted by Gasteiger charge is -2.20. The Morgan fingerprint density at radius 3 is 2.48 bits per heavy atom. The third kappa shape index (κ3) is 5.60. The topological polar surface area (TPSA) is 88.6 Å². The maximum absolute atomic E-state index is 12.3. The number of aryl methyl sites for hydroxylation is 1. The number of aromatic nitrogens is 2. The lowest BCUT2D eigenvalue weighted by Crippen LogP contribution is -2.23. The van der Waals surface area contributed by atoms with Gasteiger partial charge in [-0.25, -0.2) is 4.98 Å². The van der Waals surface area contributed by atoms with Gasteiger partial charge in [-0.05, 0) is 68.8 Å². The number of hydrogen-bond donors (Lipinski definition) is 2. The number of nitrogens with zero attached hydrogens (tertiary/aromatic N) is 3. The minimum atomic E-state index is -0.223. The molecule has 0 atom stereocenters. The number of ether oxygens (including phenoxy) is 2. The Hall–Kier alpha value is -4.07. The van der Waals surface area contributed by atoms with Crippen LogP contribution in [0.1, 0.15) is 25.1 Å². The van der Waals surface area contributed by atoms with Gasteiger partial charge in [0.15, 0.2) is 11.5 Å². The van der Waals surface area contributed by atoms with E-state index in [0.29, 0.717) is 23.1 Å². The lowest BCUT2D eigenvalue weighted by atomic mass is 10.2. The Kier molecular flexibility index (Phi) is 6.73. The van der Waals surface area contributed by atoms with Gasteiger partial charge in [0.2, 0.25) is 18.6 Å². The van der Waals surface area contributed by atoms with Gasteiger partial charge in [0, 0.05) is 42.3 Å². The summed E-state index contributed by atoms with van der Waals surface area (Å²) in [6.07, 6.45) is 3.22. The van der Waals surface area contributed by atoms with Crippen molar-refractivity contribution in [3.05, 3.63) is 65.9 Å². The van der Waals surface area contributed by atoms with E-state index in [-0.39, 0.29) is 12.7 Å². The number of carbonyl (C=O) groups is 1. The van der Waals surface area contributed by atoms with Crippen LogP contribution in [0.2, 0.25) is 0 Å². The molecule has 1 aliphatic heterocycles. The zero-order valence-electron chi connectivity index (χ0n) is 19.0. The molecule has 1 amide bonds. The molecule has 2 aromatic carbocycles. The highest BCUT2D eigenvalue weighted by atomic mass is 16.7. The third-order valence-electron chi connectivity index (χ3n) is 5.16. The van der Waals surface area contributed by atoms with Crippen LogP contribution < -0.4 is 25.0 Å². The first kappa shape index (κ1) is 22.1. The van der Waals surface area contributed by atoms with Gasteiger partial charge < -0.3 is 25.0 Å². The van der Waals surface area contributed by atoms with E-state index in [9.17, 15) is 4.79 Å². The quantitative estimate of drug-likeness (QED) is 0.484. The molecule has 0 bridgehead atoms. The Morgan fingerprint density at radius 2 is 1.73 bits per heavy atom. The lowest BCUT2D eigenvalue weighted by molar-refractivity contribution is -0.111. The smallest absolute Gasteiger partial charge is 0.248 e. The van der Waals surface area contributed by atoms with Crippen LogP contribution in [0.5, 0.6) is 11.5 Å². The van der Waals surface area contributed by atoms with Crippen LogP contribution in [-0.2, 0) is 4.79 Å². The average Bonchev–Trinajstić information content (AvgIpc) is 3.27. The molecule has 33 heavy (non-hydrogen) atoms. The number of hydrogen-bond acceptors (Lipinski definition) is 7. The maximum Gasteiger partial charge on any atom is 0.248 e. The van der Waals surface area contributed by atoms with Gasteiger partial charge in [-0.15, -0.1) is 0 Å². The average molecular weight is 446 g/mol. The molecule has 170 valence electrons. The number of carbonyl (C=O) groups excluding carboxylic acids is 1. The van der Waals surface area contributed by atoms with Crippen molar-refractivity contribution in [3.63, 3.8) is 0 Å². The largest absolute Gasteiger partial charge is 0.454 e. The molecule has 8 nitrogen and oxygen atoms in total. The third-order valence-corrected chi connectivity index (χ3v) is 5.16. The number of rotatable bonds is 8. The molecule has 0 fully saturated rings. The summed E-state index contributed by atoms with van der Waals surface area (Å²) in [5.74, 6) is 2.61. The number of amides is 1. The maximum atomic E-state index is 12.3. The monoisotopic (exact) mass is 445 g/mol. The number of benzene rings is 2. The molecule has 3 aromatic rings. The summed E-state index contributed by atoms with van der Waals surface area (Å²) in [4.78, 5) is 23.6. The van der Waals surface area contributed by atoms with Crippen molar-refractivity contribution in [2.24, 2.45) is 0 Å². The summed E-state index contributed by atoms with van der Waals surface area (Å²) in [6.45, 7) is 8.14. The van der Waals surface area contributed by atoms with E-state index in [0.717, 1.165) is 35.9 Å². The van der Waals surface area contributed by atoms with E-state index < -0.39 is 0 Å². The molecular formula is C25H27N5O3. The van der Waals surface area contributed by atoms with Gasteiger partial charge in [-0.3, -0.25) is 4.79 Å². The molecule has 1 aromatic heterocycles. The Labute approximate surface area is 193 Å². The highest BCUT2D eigenvalue weighted by molar-refractivity contribution is 6.02. The fourth-order valence-corrected chi connectivity index (χ4v) is 3.46. The predicted molar refractivity (Wildman–Crippen MR) is 130 cm³/mol. The number of fused-ring (bicyclic) bond motifs is 1. The van der Waals surface area contributed by atoms with Crippen molar-refractivity contribution >= 4 is 35.1 Å². The van der Waals surface area contributed by atoms with Gasteiger partial charge >= 0.3 is 0 Å². The van der Waals surface area contributed by atoms with Crippen molar-refractivity contribution in [2.45, 2.75) is 20.8 Å². The van der Waals surface area contributed by atoms with Crippen LogP contribution in [0.25, 0.3) is 6.08 Å². The van der Waals surface area contributed by atoms with Gasteiger partial charge in [-0.1, -0.05) is 6.07 Å². The van der Waals surface area contributed by atoms with Crippen LogP contribution in [0.4, 0.5) is 23.1 Å². The van der Waals surface area contributed by atoms with E-state index in [1.165, 1.54) is 6.08 Å². The van der Waals surface area contributed by atoms with E-state index in [1.54, 1.807) is 6.08 Å². The molecule has 0 unspecified atom stereocenters. The predicted octanol–water partition coefficient (Wildman–Crippen LogP) is 4.76. The second-order valence-corrected chi connectivity index (χ2v) is 7.50. The van der Waals surface area contributed by atoms with Gasteiger partial charge in [-0.2, -0.15) is 4.98 Å². The minimum Gasteiger partial charge on any atom is -0.454 e. The van der Waals surface area contributed by atoms with E-state index in [2.05, 4.69) is 39.3 Å². The second-order valence-electron chi connectivity index (χ2n) is 7.50. The molecule has 0 saturated heterocycles. The molecule has 0 saturated carbocycles. The van der Waals surface area contributed by atoms with Crippen LogP contribution >= 0.6 is 0 Å².